The number of ether oxygens (including phenoxy) is 2. The molecule has 2 amide bonds. The summed E-state index contributed by atoms with van der Waals surface area (Å²) in [5, 5.41) is 0.512. The maximum Gasteiger partial charge on any atom is 0.338 e. The summed E-state index contributed by atoms with van der Waals surface area (Å²) in [6.07, 6.45) is 2.78. The van der Waals surface area contributed by atoms with Gasteiger partial charge in [0.1, 0.15) is 5.75 Å². The molecule has 0 spiro atoms. The minimum Gasteiger partial charge on any atom is -0.484 e. The van der Waals surface area contributed by atoms with Crippen LogP contribution >= 0.6 is 11.6 Å². The first-order chi connectivity index (χ1) is 13.5. The Morgan fingerprint density at radius 2 is 1.75 bits per heavy atom. The molecule has 0 aromatic heterocycles. The highest BCUT2D eigenvalue weighted by Gasteiger charge is 2.07. The van der Waals surface area contributed by atoms with E-state index in [9.17, 15) is 14.4 Å². The van der Waals surface area contributed by atoms with Crippen LogP contribution in [0.2, 0.25) is 5.02 Å². The van der Waals surface area contributed by atoms with E-state index in [2.05, 4.69) is 10.9 Å². The SMILES string of the molecule is CCOC(=O)c1ccc(OCC(=O)NNC(=O)/C=C/c2ccccc2Cl)cc1. The van der Waals surface area contributed by atoms with E-state index in [1.807, 2.05) is 0 Å². The summed E-state index contributed by atoms with van der Waals surface area (Å²) in [5.74, 6) is -1.10. The number of hydrazine groups is 1. The molecule has 0 aliphatic heterocycles. The number of nitrogens with one attached hydrogen (secondary N) is 2. The van der Waals surface area contributed by atoms with Gasteiger partial charge in [0, 0.05) is 11.1 Å². The lowest BCUT2D eigenvalue weighted by atomic mass is 10.2. The van der Waals surface area contributed by atoms with Gasteiger partial charge in [-0.25, -0.2) is 4.79 Å². The second-order valence-electron chi connectivity index (χ2n) is 5.43. The van der Waals surface area contributed by atoms with Gasteiger partial charge in [0.25, 0.3) is 11.8 Å². The van der Waals surface area contributed by atoms with Crippen LogP contribution in [0.1, 0.15) is 22.8 Å². The van der Waals surface area contributed by atoms with Crippen molar-refractivity contribution in [2.75, 3.05) is 13.2 Å². The first-order valence-electron chi connectivity index (χ1n) is 8.41. The fourth-order valence-electron chi connectivity index (χ4n) is 2.04. The number of amides is 2. The van der Waals surface area contributed by atoms with Gasteiger partial charge in [-0.2, -0.15) is 0 Å². The number of benzene rings is 2. The van der Waals surface area contributed by atoms with Crippen LogP contribution < -0.4 is 15.6 Å². The molecular weight excluding hydrogens is 384 g/mol. The van der Waals surface area contributed by atoms with E-state index in [1.54, 1.807) is 43.3 Å². The number of rotatable bonds is 7. The molecule has 2 rings (SSSR count). The van der Waals surface area contributed by atoms with Gasteiger partial charge < -0.3 is 9.47 Å². The van der Waals surface area contributed by atoms with Crippen LogP contribution in [0.4, 0.5) is 0 Å². The van der Waals surface area contributed by atoms with Gasteiger partial charge in [-0.3, -0.25) is 20.4 Å². The predicted molar refractivity (Wildman–Crippen MR) is 105 cm³/mol. The Balaban J connectivity index is 1.74. The summed E-state index contributed by atoms with van der Waals surface area (Å²) in [5.41, 5.74) is 5.53. The zero-order chi connectivity index (χ0) is 20.4. The lowest BCUT2D eigenvalue weighted by molar-refractivity contribution is -0.128. The van der Waals surface area contributed by atoms with Crippen molar-refractivity contribution < 1.29 is 23.9 Å². The Bertz CT molecular complexity index is 865. The highest BCUT2D eigenvalue weighted by atomic mass is 35.5. The highest BCUT2D eigenvalue weighted by molar-refractivity contribution is 6.32. The van der Waals surface area contributed by atoms with Gasteiger partial charge in [0.2, 0.25) is 0 Å². The number of carbonyl (C=O) groups excluding carboxylic acids is 3. The summed E-state index contributed by atoms with van der Waals surface area (Å²) < 4.78 is 10.2. The van der Waals surface area contributed by atoms with Crippen LogP contribution in [0, 0.1) is 0 Å². The Labute approximate surface area is 167 Å². The third-order valence-electron chi connectivity index (χ3n) is 3.38. The van der Waals surface area contributed by atoms with Crippen molar-refractivity contribution in [3.8, 4) is 5.75 Å². The quantitative estimate of drug-likeness (QED) is 0.422. The van der Waals surface area contributed by atoms with E-state index < -0.39 is 17.8 Å². The van der Waals surface area contributed by atoms with Crippen molar-refractivity contribution in [1.29, 1.82) is 0 Å². The molecule has 0 atom stereocenters. The van der Waals surface area contributed by atoms with E-state index in [0.29, 0.717) is 21.9 Å². The molecule has 28 heavy (non-hydrogen) atoms. The zero-order valence-electron chi connectivity index (χ0n) is 15.1. The zero-order valence-corrected chi connectivity index (χ0v) is 15.9. The monoisotopic (exact) mass is 402 g/mol. The normalized spacial score (nSPS) is 10.4. The maximum absolute atomic E-state index is 11.7. The molecule has 0 fully saturated rings. The van der Waals surface area contributed by atoms with Crippen LogP contribution in [-0.4, -0.2) is 31.0 Å². The summed E-state index contributed by atoms with van der Waals surface area (Å²) in [6.45, 7) is 1.70. The summed E-state index contributed by atoms with van der Waals surface area (Å²) in [6, 6.07) is 13.2. The molecule has 0 bridgehead atoms. The van der Waals surface area contributed by atoms with Gasteiger partial charge in [-0.1, -0.05) is 29.8 Å². The Morgan fingerprint density at radius 1 is 1.04 bits per heavy atom. The molecule has 0 aliphatic carbocycles. The highest BCUT2D eigenvalue weighted by Crippen LogP contribution is 2.16. The number of hydrogen-bond donors (Lipinski definition) is 2. The number of hydrogen-bond acceptors (Lipinski definition) is 5. The van der Waals surface area contributed by atoms with Crippen molar-refractivity contribution in [2.45, 2.75) is 6.92 Å². The molecule has 0 saturated carbocycles. The molecule has 146 valence electrons. The molecule has 0 aliphatic rings. The molecule has 0 unspecified atom stereocenters. The lowest BCUT2D eigenvalue weighted by Gasteiger charge is -2.08. The summed E-state index contributed by atoms with van der Waals surface area (Å²) >= 11 is 5.98. The largest absolute Gasteiger partial charge is 0.484 e. The number of halogens is 1. The number of esters is 1. The van der Waals surface area contributed by atoms with Crippen LogP contribution in [-0.2, 0) is 14.3 Å². The average molecular weight is 403 g/mol. The van der Waals surface area contributed by atoms with Crippen molar-refractivity contribution in [3.05, 3.63) is 70.8 Å². The predicted octanol–water partition coefficient (Wildman–Crippen LogP) is 2.76. The molecule has 0 radical (unpaired) electrons. The van der Waals surface area contributed by atoms with E-state index in [4.69, 9.17) is 21.1 Å². The van der Waals surface area contributed by atoms with E-state index in [0.717, 1.165) is 0 Å². The third kappa shape index (κ3) is 6.77. The topological polar surface area (TPSA) is 93.7 Å². The van der Waals surface area contributed by atoms with Crippen LogP contribution in [0.3, 0.4) is 0 Å². The van der Waals surface area contributed by atoms with E-state index in [1.165, 1.54) is 24.3 Å². The molecular formula is C20H19ClN2O5. The van der Waals surface area contributed by atoms with Gasteiger partial charge in [0.15, 0.2) is 6.61 Å². The van der Waals surface area contributed by atoms with Gasteiger partial charge in [-0.15, -0.1) is 0 Å². The summed E-state index contributed by atoms with van der Waals surface area (Å²) in [4.78, 5) is 35.0. The van der Waals surface area contributed by atoms with Crippen LogP contribution in [0.5, 0.6) is 5.75 Å². The van der Waals surface area contributed by atoms with Crippen molar-refractivity contribution in [3.63, 3.8) is 0 Å². The van der Waals surface area contributed by atoms with Crippen LogP contribution in [0.25, 0.3) is 6.08 Å². The maximum atomic E-state index is 11.7. The molecule has 0 saturated heterocycles. The second-order valence-corrected chi connectivity index (χ2v) is 5.83. The molecule has 2 N–H and O–H groups in total. The molecule has 2 aromatic rings. The molecule has 7 nitrogen and oxygen atoms in total. The number of carbonyl (C=O) groups is 3. The third-order valence-corrected chi connectivity index (χ3v) is 3.72. The van der Waals surface area contributed by atoms with Crippen molar-refractivity contribution in [2.24, 2.45) is 0 Å². The van der Waals surface area contributed by atoms with Gasteiger partial charge in [-0.05, 0) is 48.9 Å². The Kier molecular flexibility index (Phi) is 8.05. The first kappa shape index (κ1) is 21.0. The molecule has 2 aromatic carbocycles. The Morgan fingerprint density at radius 3 is 2.43 bits per heavy atom. The van der Waals surface area contributed by atoms with E-state index >= 15 is 0 Å². The molecule has 8 heteroatoms. The fraction of sp³-hybridized carbons (Fsp3) is 0.150. The molecule has 0 heterocycles. The van der Waals surface area contributed by atoms with Crippen LogP contribution in [0.15, 0.2) is 54.6 Å². The second kappa shape index (κ2) is 10.7. The van der Waals surface area contributed by atoms with E-state index in [-0.39, 0.29) is 13.2 Å². The van der Waals surface area contributed by atoms with Crippen molar-refractivity contribution in [1.82, 2.24) is 10.9 Å². The summed E-state index contributed by atoms with van der Waals surface area (Å²) in [7, 11) is 0. The average Bonchev–Trinajstić information content (AvgIpc) is 2.70. The standard InChI is InChI=1S/C20H19ClN2O5/c1-2-27-20(26)15-7-10-16(11-8-15)28-13-19(25)23-22-18(24)12-9-14-5-3-4-6-17(14)21/h3-12H,2,13H2,1H3,(H,22,24)(H,23,25)/b12-9+. The van der Waals surface area contributed by atoms with Gasteiger partial charge >= 0.3 is 5.97 Å². The van der Waals surface area contributed by atoms with Gasteiger partial charge in [0.05, 0.1) is 12.2 Å². The Hall–Kier alpha value is -3.32. The minimum absolute atomic E-state index is 0.288. The lowest BCUT2D eigenvalue weighted by Crippen LogP contribution is -2.43. The fourth-order valence-corrected chi connectivity index (χ4v) is 2.23. The minimum atomic E-state index is -0.547. The van der Waals surface area contributed by atoms with Crippen molar-refractivity contribution >= 4 is 35.5 Å². The smallest absolute Gasteiger partial charge is 0.338 e. The first-order valence-corrected chi connectivity index (χ1v) is 8.78.